The number of aromatic nitrogens is 1. The fourth-order valence-corrected chi connectivity index (χ4v) is 3.20. The molecule has 1 aromatic heterocycles. The number of likely N-dealkylation sites (tertiary alicyclic amines) is 1. The van der Waals surface area contributed by atoms with Gasteiger partial charge < -0.3 is 14.4 Å². The average molecular weight is 314 g/mol. The number of carbonyl (C=O) groups excluding carboxylic acids is 1. The maximum absolute atomic E-state index is 12.6. The number of piperidine rings is 1. The van der Waals surface area contributed by atoms with Crippen LogP contribution in [0, 0.1) is 5.92 Å². The van der Waals surface area contributed by atoms with E-state index in [1.54, 1.807) is 11.2 Å². The highest BCUT2D eigenvalue weighted by Crippen LogP contribution is 2.24. The van der Waals surface area contributed by atoms with Crippen molar-refractivity contribution in [2.45, 2.75) is 32.2 Å². The quantitative estimate of drug-likeness (QED) is 0.941. The molecule has 3 rings (SSSR count). The second-order valence-electron chi connectivity index (χ2n) is 6.14. The summed E-state index contributed by atoms with van der Waals surface area (Å²) in [5, 5.41) is 9.57. The second-order valence-corrected chi connectivity index (χ2v) is 6.14. The lowest BCUT2D eigenvalue weighted by Gasteiger charge is -2.39. The molecule has 1 fully saturated rings. The molecule has 1 N–H and O–H groups in total. The lowest BCUT2D eigenvalue weighted by atomic mass is 9.91. The molecule has 5 nitrogen and oxygen atoms in total. The van der Waals surface area contributed by atoms with E-state index in [9.17, 15) is 9.90 Å². The summed E-state index contributed by atoms with van der Waals surface area (Å²) in [6, 6.07) is 9.54. The van der Waals surface area contributed by atoms with Crippen LogP contribution in [0.2, 0.25) is 0 Å². The van der Waals surface area contributed by atoms with Crippen molar-refractivity contribution in [2.75, 3.05) is 13.2 Å². The number of aliphatic hydroxyl groups is 1. The SMILES string of the molecule is CC1CCCN(C(=O)Cc2coc(-c3ccccc3)n2)C1CO. The molecule has 1 amide bonds. The minimum atomic E-state index is -0.0863. The van der Waals surface area contributed by atoms with Crippen LogP contribution in [0.3, 0.4) is 0 Å². The number of benzene rings is 1. The molecule has 5 heteroatoms. The van der Waals surface area contributed by atoms with Gasteiger partial charge in [-0.1, -0.05) is 25.1 Å². The van der Waals surface area contributed by atoms with E-state index in [4.69, 9.17) is 4.42 Å². The molecule has 2 unspecified atom stereocenters. The summed E-state index contributed by atoms with van der Waals surface area (Å²) >= 11 is 0. The first-order valence-electron chi connectivity index (χ1n) is 8.09. The van der Waals surface area contributed by atoms with Crippen LogP contribution in [0.4, 0.5) is 0 Å². The van der Waals surface area contributed by atoms with Crippen LogP contribution in [0.1, 0.15) is 25.5 Å². The molecule has 1 aliphatic heterocycles. The van der Waals surface area contributed by atoms with Crippen LogP contribution in [-0.2, 0) is 11.2 Å². The summed E-state index contributed by atoms with van der Waals surface area (Å²) in [7, 11) is 0. The highest BCUT2D eigenvalue weighted by Gasteiger charge is 2.31. The Kier molecular flexibility index (Phi) is 4.76. The van der Waals surface area contributed by atoms with Gasteiger partial charge in [-0.3, -0.25) is 4.79 Å². The third-order valence-electron chi connectivity index (χ3n) is 4.53. The van der Waals surface area contributed by atoms with Crippen molar-refractivity contribution in [1.29, 1.82) is 0 Å². The number of nitrogens with zero attached hydrogens (tertiary/aromatic N) is 2. The zero-order valence-corrected chi connectivity index (χ0v) is 13.3. The minimum Gasteiger partial charge on any atom is -0.444 e. The van der Waals surface area contributed by atoms with Crippen LogP contribution in [0.5, 0.6) is 0 Å². The van der Waals surface area contributed by atoms with E-state index >= 15 is 0 Å². The van der Waals surface area contributed by atoms with Gasteiger partial charge in [0, 0.05) is 12.1 Å². The number of carbonyl (C=O) groups is 1. The Balaban J connectivity index is 1.69. The Morgan fingerprint density at radius 3 is 2.91 bits per heavy atom. The van der Waals surface area contributed by atoms with Gasteiger partial charge in [-0.05, 0) is 30.9 Å². The van der Waals surface area contributed by atoms with E-state index < -0.39 is 0 Å². The van der Waals surface area contributed by atoms with Crippen LogP contribution >= 0.6 is 0 Å². The van der Waals surface area contributed by atoms with Crippen LogP contribution in [0.15, 0.2) is 41.0 Å². The summed E-state index contributed by atoms with van der Waals surface area (Å²) in [4.78, 5) is 18.8. The predicted molar refractivity (Wildman–Crippen MR) is 86.6 cm³/mol. The summed E-state index contributed by atoms with van der Waals surface area (Å²) in [6.07, 6.45) is 3.79. The fraction of sp³-hybridized carbons (Fsp3) is 0.444. The maximum atomic E-state index is 12.6. The second kappa shape index (κ2) is 6.96. The average Bonchev–Trinajstić information content (AvgIpc) is 3.04. The number of hydrogen-bond donors (Lipinski definition) is 1. The molecule has 2 aromatic rings. The Morgan fingerprint density at radius 2 is 2.17 bits per heavy atom. The Labute approximate surface area is 135 Å². The van der Waals surface area contributed by atoms with Gasteiger partial charge in [-0.15, -0.1) is 0 Å². The van der Waals surface area contributed by atoms with Crippen molar-refractivity contribution in [1.82, 2.24) is 9.88 Å². The number of amides is 1. The fourth-order valence-electron chi connectivity index (χ4n) is 3.20. The van der Waals surface area contributed by atoms with Crippen LogP contribution < -0.4 is 0 Å². The highest BCUT2D eigenvalue weighted by atomic mass is 16.3. The number of hydrogen-bond acceptors (Lipinski definition) is 4. The van der Waals surface area contributed by atoms with Crippen molar-refractivity contribution in [2.24, 2.45) is 5.92 Å². The Morgan fingerprint density at radius 1 is 1.39 bits per heavy atom. The van der Waals surface area contributed by atoms with Gasteiger partial charge in [-0.2, -0.15) is 0 Å². The monoisotopic (exact) mass is 314 g/mol. The van der Waals surface area contributed by atoms with Crippen molar-refractivity contribution >= 4 is 5.91 Å². The molecule has 0 spiro atoms. The summed E-state index contributed by atoms with van der Waals surface area (Å²) < 4.78 is 5.48. The van der Waals surface area contributed by atoms with Gasteiger partial charge in [-0.25, -0.2) is 4.98 Å². The minimum absolute atomic E-state index is 0.00325. The summed E-state index contributed by atoms with van der Waals surface area (Å²) in [5.41, 5.74) is 1.52. The number of aliphatic hydroxyl groups excluding tert-OH is 1. The van der Waals surface area contributed by atoms with E-state index in [1.165, 1.54) is 0 Å². The zero-order chi connectivity index (χ0) is 16.2. The van der Waals surface area contributed by atoms with E-state index in [0.717, 1.165) is 18.4 Å². The van der Waals surface area contributed by atoms with Crippen molar-refractivity contribution in [3.8, 4) is 11.5 Å². The standard InChI is InChI=1S/C18H22N2O3/c1-13-6-5-9-20(16(13)11-21)17(22)10-15-12-23-18(19-15)14-7-3-2-4-8-14/h2-4,7-8,12-13,16,21H,5-6,9-11H2,1H3. The molecule has 0 aliphatic carbocycles. The van der Waals surface area contributed by atoms with Gasteiger partial charge in [0.2, 0.25) is 11.8 Å². The molecule has 1 aromatic carbocycles. The molecule has 2 atom stereocenters. The molecule has 1 aliphatic rings. The third-order valence-corrected chi connectivity index (χ3v) is 4.53. The smallest absolute Gasteiger partial charge is 0.229 e. The van der Waals surface area contributed by atoms with Gasteiger partial charge in [0.1, 0.15) is 6.26 Å². The van der Waals surface area contributed by atoms with Crippen molar-refractivity contribution < 1.29 is 14.3 Å². The van der Waals surface area contributed by atoms with Gasteiger partial charge in [0.15, 0.2) is 0 Å². The van der Waals surface area contributed by atoms with Gasteiger partial charge in [0.25, 0.3) is 0 Å². The van der Waals surface area contributed by atoms with Crippen molar-refractivity contribution in [3.63, 3.8) is 0 Å². The Bertz CT molecular complexity index is 653. The van der Waals surface area contributed by atoms with Crippen LogP contribution in [-0.4, -0.2) is 40.1 Å². The molecule has 1 saturated heterocycles. The third kappa shape index (κ3) is 3.45. The highest BCUT2D eigenvalue weighted by molar-refractivity contribution is 5.79. The van der Waals surface area contributed by atoms with Crippen LogP contribution in [0.25, 0.3) is 11.5 Å². The van der Waals surface area contributed by atoms with E-state index in [0.29, 0.717) is 24.0 Å². The molecule has 0 bridgehead atoms. The molecular weight excluding hydrogens is 292 g/mol. The normalized spacial score (nSPS) is 21.4. The van der Waals surface area contributed by atoms with Crippen molar-refractivity contribution in [3.05, 3.63) is 42.3 Å². The molecule has 23 heavy (non-hydrogen) atoms. The summed E-state index contributed by atoms with van der Waals surface area (Å²) in [6.45, 7) is 2.81. The molecule has 0 radical (unpaired) electrons. The number of oxazole rings is 1. The first-order chi connectivity index (χ1) is 11.2. The lowest BCUT2D eigenvalue weighted by molar-refractivity contribution is -0.136. The van der Waals surface area contributed by atoms with E-state index in [1.807, 2.05) is 30.3 Å². The van der Waals surface area contributed by atoms with E-state index in [2.05, 4.69) is 11.9 Å². The Hall–Kier alpha value is -2.14. The first kappa shape index (κ1) is 15.7. The van der Waals surface area contributed by atoms with Gasteiger partial charge in [0.05, 0.1) is 24.8 Å². The topological polar surface area (TPSA) is 66.6 Å². The van der Waals surface area contributed by atoms with E-state index in [-0.39, 0.29) is 25.0 Å². The first-order valence-corrected chi connectivity index (χ1v) is 8.09. The lowest BCUT2D eigenvalue weighted by Crippen LogP contribution is -2.50. The molecule has 0 saturated carbocycles. The maximum Gasteiger partial charge on any atom is 0.229 e. The predicted octanol–water partition coefficient (Wildman–Crippen LogP) is 2.50. The zero-order valence-electron chi connectivity index (χ0n) is 13.3. The molecule has 122 valence electrons. The molecule has 2 heterocycles. The van der Waals surface area contributed by atoms with Gasteiger partial charge >= 0.3 is 0 Å². The summed E-state index contributed by atoms with van der Waals surface area (Å²) in [5.74, 6) is 0.859. The molecular formula is C18H22N2O3. The number of rotatable bonds is 4. The largest absolute Gasteiger partial charge is 0.444 e.